The molecule has 0 fully saturated rings. The normalized spacial score (nSPS) is 10.4. The Balaban J connectivity index is 1.78. The summed E-state index contributed by atoms with van der Waals surface area (Å²) in [5.41, 5.74) is 1.09. The number of aryl methyl sites for hydroxylation is 1. The van der Waals surface area contributed by atoms with Crippen molar-refractivity contribution in [2.45, 2.75) is 20.4 Å². The minimum absolute atomic E-state index is 0.155. The van der Waals surface area contributed by atoms with E-state index in [9.17, 15) is 14.0 Å². The lowest BCUT2D eigenvalue weighted by atomic mass is 10.3. The first-order chi connectivity index (χ1) is 13.9. The first-order valence-corrected chi connectivity index (χ1v) is 9.08. The molecule has 0 aliphatic carbocycles. The van der Waals surface area contributed by atoms with Crippen LogP contribution in [0.15, 0.2) is 59.4 Å². The number of benzene rings is 2. The van der Waals surface area contributed by atoms with Crippen LogP contribution in [0.4, 0.5) is 21.7 Å². The van der Waals surface area contributed by atoms with Gasteiger partial charge in [0.25, 0.3) is 5.56 Å². The van der Waals surface area contributed by atoms with E-state index in [1.165, 1.54) is 28.8 Å². The average Bonchev–Trinajstić information content (AvgIpc) is 2.66. The predicted octanol–water partition coefficient (Wildman–Crippen LogP) is 3.47. The van der Waals surface area contributed by atoms with E-state index in [1.54, 1.807) is 37.3 Å². The third kappa shape index (κ3) is 5.41. The Hall–Kier alpha value is -3.68. The Bertz CT molecular complexity index is 1060. The van der Waals surface area contributed by atoms with Crippen LogP contribution in [0.3, 0.4) is 0 Å². The van der Waals surface area contributed by atoms with E-state index in [1.807, 2.05) is 6.92 Å². The molecule has 3 rings (SSSR count). The maximum atomic E-state index is 13.5. The molecule has 0 unspecified atom stereocenters. The molecule has 0 spiro atoms. The maximum absolute atomic E-state index is 13.5. The van der Waals surface area contributed by atoms with Gasteiger partial charge in [-0.1, -0.05) is 6.07 Å². The molecule has 0 aliphatic heterocycles. The van der Waals surface area contributed by atoms with E-state index in [0.717, 1.165) is 0 Å². The zero-order valence-corrected chi connectivity index (χ0v) is 16.1. The SMILES string of the molecule is CCOc1ccc(NC(=O)Cn2c(Nc3cccc(F)c3)nc(C)cc2=O)cc1. The minimum Gasteiger partial charge on any atom is -0.494 e. The van der Waals surface area contributed by atoms with Gasteiger partial charge in [0.1, 0.15) is 18.1 Å². The van der Waals surface area contributed by atoms with E-state index < -0.39 is 17.3 Å². The highest BCUT2D eigenvalue weighted by Crippen LogP contribution is 2.17. The van der Waals surface area contributed by atoms with Crippen molar-refractivity contribution in [1.82, 2.24) is 9.55 Å². The van der Waals surface area contributed by atoms with Gasteiger partial charge in [-0.25, -0.2) is 9.37 Å². The second-order valence-electron chi connectivity index (χ2n) is 6.29. The summed E-state index contributed by atoms with van der Waals surface area (Å²) in [5, 5.41) is 5.63. The van der Waals surface area contributed by atoms with E-state index in [4.69, 9.17) is 4.74 Å². The summed E-state index contributed by atoms with van der Waals surface area (Å²) in [7, 11) is 0. The molecule has 3 aromatic rings. The van der Waals surface area contributed by atoms with E-state index in [0.29, 0.717) is 29.4 Å². The first kappa shape index (κ1) is 20.1. The van der Waals surface area contributed by atoms with Gasteiger partial charge in [-0.2, -0.15) is 0 Å². The number of ether oxygens (including phenoxy) is 1. The number of carbonyl (C=O) groups excluding carboxylic acids is 1. The van der Waals surface area contributed by atoms with Gasteiger partial charge in [0, 0.05) is 23.1 Å². The molecule has 8 heteroatoms. The smallest absolute Gasteiger partial charge is 0.255 e. The standard InChI is InChI=1S/C21H21FN4O3/c1-3-29-18-9-7-16(8-10-18)24-19(27)13-26-20(28)11-14(2)23-21(26)25-17-6-4-5-15(22)12-17/h4-12H,3,13H2,1-2H3,(H,23,25)(H,24,27). The molecule has 0 saturated heterocycles. The number of aromatic nitrogens is 2. The third-order valence-corrected chi connectivity index (χ3v) is 3.97. The monoisotopic (exact) mass is 396 g/mol. The zero-order valence-electron chi connectivity index (χ0n) is 16.1. The summed E-state index contributed by atoms with van der Waals surface area (Å²) in [6.45, 7) is 3.86. The molecule has 7 nitrogen and oxygen atoms in total. The van der Waals surface area contributed by atoms with Crippen molar-refractivity contribution in [2.24, 2.45) is 0 Å². The second-order valence-corrected chi connectivity index (χ2v) is 6.29. The summed E-state index contributed by atoms with van der Waals surface area (Å²) >= 11 is 0. The van der Waals surface area contributed by atoms with Crippen LogP contribution in [-0.4, -0.2) is 22.1 Å². The molecule has 1 heterocycles. The van der Waals surface area contributed by atoms with Crippen molar-refractivity contribution in [3.63, 3.8) is 0 Å². The lowest BCUT2D eigenvalue weighted by Crippen LogP contribution is -2.30. The fourth-order valence-corrected chi connectivity index (χ4v) is 2.71. The number of carbonyl (C=O) groups is 1. The lowest BCUT2D eigenvalue weighted by molar-refractivity contribution is -0.116. The van der Waals surface area contributed by atoms with E-state index >= 15 is 0 Å². The van der Waals surface area contributed by atoms with Crippen LogP contribution in [0, 0.1) is 12.7 Å². The number of rotatable bonds is 7. The van der Waals surface area contributed by atoms with Crippen LogP contribution in [0.1, 0.15) is 12.6 Å². The Morgan fingerprint density at radius 1 is 1.14 bits per heavy atom. The zero-order chi connectivity index (χ0) is 20.8. The highest BCUT2D eigenvalue weighted by molar-refractivity contribution is 5.90. The molecule has 0 atom stereocenters. The topological polar surface area (TPSA) is 85.2 Å². The Morgan fingerprint density at radius 3 is 2.59 bits per heavy atom. The molecule has 150 valence electrons. The molecule has 1 aromatic heterocycles. The summed E-state index contributed by atoms with van der Waals surface area (Å²) in [5.74, 6) is 0.0301. The molecule has 0 saturated carbocycles. The summed E-state index contributed by atoms with van der Waals surface area (Å²) < 4.78 is 20.0. The lowest BCUT2D eigenvalue weighted by Gasteiger charge is -2.14. The van der Waals surface area contributed by atoms with Gasteiger partial charge in [0.2, 0.25) is 11.9 Å². The van der Waals surface area contributed by atoms with Gasteiger partial charge in [-0.05, 0) is 56.3 Å². The number of anilines is 3. The quantitative estimate of drug-likeness (QED) is 0.639. The Kier molecular flexibility index (Phi) is 6.23. The van der Waals surface area contributed by atoms with E-state index in [-0.39, 0.29) is 12.5 Å². The van der Waals surface area contributed by atoms with E-state index in [2.05, 4.69) is 15.6 Å². The Morgan fingerprint density at radius 2 is 1.90 bits per heavy atom. The molecule has 2 aromatic carbocycles. The second kappa shape index (κ2) is 9.01. The van der Waals surface area contributed by atoms with Gasteiger partial charge < -0.3 is 15.4 Å². The number of nitrogens with zero attached hydrogens (tertiary/aromatic N) is 2. The maximum Gasteiger partial charge on any atom is 0.255 e. The predicted molar refractivity (Wildman–Crippen MR) is 109 cm³/mol. The van der Waals surface area contributed by atoms with Gasteiger partial charge >= 0.3 is 0 Å². The summed E-state index contributed by atoms with van der Waals surface area (Å²) in [6, 6.07) is 14.0. The number of amides is 1. The molecule has 0 radical (unpaired) electrons. The van der Waals surface area contributed by atoms with Crippen LogP contribution in [0.2, 0.25) is 0 Å². The average molecular weight is 396 g/mol. The van der Waals surface area contributed by atoms with Crippen LogP contribution in [0.25, 0.3) is 0 Å². The molecule has 29 heavy (non-hydrogen) atoms. The Labute approximate surface area is 167 Å². The van der Waals surface area contributed by atoms with Crippen molar-refractivity contribution >= 4 is 23.2 Å². The molecular weight excluding hydrogens is 375 g/mol. The number of halogens is 1. The number of hydrogen-bond donors (Lipinski definition) is 2. The molecule has 0 bridgehead atoms. The highest BCUT2D eigenvalue weighted by Gasteiger charge is 2.12. The molecule has 0 aliphatic rings. The summed E-state index contributed by atoms with van der Waals surface area (Å²) in [4.78, 5) is 29.2. The van der Waals surface area contributed by atoms with Gasteiger partial charge in [0.15, 0.2) is 0 Å². The fraction of sp³-hybridized carbons (Fsp3) is 0.190. The van der Waals surface area contributed by atoms with Crippen molar-refractivity contribution in [1.29, 1.82) is 0 Å². The fourth-order valence-electron chi connectivity index (χ4n) is 2.71. The highest BCUT2D eigenvalue weighted by atomic mass is 19.1. The summed E-state index contributed by atoms with van der Waals surface area (Å²) in [6.07, 6.45) is 0. The van der Waals surface area contributed by atoms with Gasteiger partial charge in [-0.15, -0.1) is 0 Å². The third-order valence-electron chi connectivity index (χ3n) is 3.97. The number of nitrogens with one attached hydrogen (secondary N) is 2. The first-order valence-electron chi connectivity index (χ1n) is 9.08. The van der Waals surface area contributed by atoms with Gasteiger partial charge in [-0.3, -0.25) is 14.2 Å². The largest absolute Gasteiger partial charge is 0.494 e. The molecular formula is C21H21FN4O3. The van der Waals surface area contributed by atoms with Gasteiger partial charge in [0.05, 0.1) is 6.61 Å². The van der Waals surface area contributed by atoms with Crippen LogP contribution >= 0.6 is 0 Å². The number of hydrogen-bond acceptors (Lipinski definition) is 5. The van der Waals surface area contributed by atoms with Crippen LogP contribution in [-0.2, 0) is 11.3 Å². The van der Waals surface area contributed by atoms with Crippen LogP contribution < -0.4 is 20.9 Å². The van der Waals surface area contributed by atoms with Crippen LogP contribution in [0.5, 0.6) is 5.75 Å². The van der Waals surface area contributed by atoms with Crippen molar-refractivity contribution < 1.29 is 13.9 Å². The van der Waals surface area contributed by atoms with Crippen molar-refractivity contribution in [2.75, 3.05) is 17.2 Å². The van der Waals surface area contributed by atoms with Crippen molar-refractivity contribution in [3.8, 4) is 5.75 Å². The molecule has 1 amide bonds. The minimum atomic E-state index is -0.426. The van der Waals surface area contributed by atoms with Crippen molar-refractivity contribution in [3.05, 3.63) is 76.5 Å². The molecule has 2 N–H and O–H groups in total.